The molecule has 1 unspecified atom stereocenters. The molecule has 2 heterocycles. The van der Waals surface area contributed by atoms with Gasteiger partial charge in [0.15, 0.2) is 0 Å². The summed E-state index contributed by atoms with van der Waals surface area (Å²) in [6.07, 6.45) is 10.1. The lowest BCUT2D eigenvalue weighted by Crippen LogP contribution is -2.61. The van der Waals surface area contributed by atoms with E-state index in [9.17, 15) is 0 Å². The van der Waals surface area contributed by atoms with Crippen molar-refractivity contribution in [2.24, 2.45) is 0 Å². The van der Waals surface area contributed by atoms with Gasteiger partial charge in [-0.15, -0.1) is 0 Å². The Labute approximate surface area is 110 Å². The third kappa shape index (κ3) is 2.99. The summed E-state index contributed by atoms with van der Waals surface area (Å²) in [5.41, 5.74) is 0.500. The molecule has 98 valence electrons. The highest BCUT2D eigenvalue weighted by molar-refractivity contribution is 8.00. The number of hydrogen-bond acceptors (Lipinski definition) is 3. The molecule has 3 rings (SSSR count). The minimum atomic E-state index is 0.500. The zero-order valence-corrected chi connectivity index (χ0v) is 11.7. The summed E-state index contributed by atoms with van der Waals surface area (Å²) in [6, 6.07) is 0. The van der Waals surface area contributed by atoms with Crippen molar-refractivity contribution in [3.63, 3.8) is 0 Å². The Bertz CT molecular complexity index is 239. The first kappa shape index (κ1) is 12.3. The van der Waals surface area contributed by atoms with E-state index in [0.29, 0.717) is 5.54 Å². The lowest BCUT2D eigenvalue weighted by molar-refractivity contribution is 0.0997. The van der Waals surface area contributed by atoms with Crippen LogP contribution in [0.2, 0.25) is 0 Å². The third-order valence-electron chi connectivity index (χ3n) is 4.75. The highest BCUT2D eigenvalue weighted by atomic mass is 32.2. The molecular formula is C14H26N2S. The average molecular weight is 254 g/mol. The number of thioether (sulfide) groups is 1. The summed E-state index contributed by atoms with van der Waals surface area (Å²) in [6.45, 7) is 5.17. The predicted octanol–water partition coefficient (Wildman–Crippen LogP) is 2.49. The summed E-state index contributed by atoms with van der Waals surface area (Å²) in [4.78, 5) is 2.75. The average Bonchev–Trinajstić information content (AvgIpc) is 2.83. The zero-order chi connectivity index (χ0) is 11.6. The summed E-state index contributed by atoms with van der Waals surface area (Å²) >= 11 is 2.21. The van der Waals surface area contributed by atoms with Crippen LogP contribution in [0.1, 0.15) is 44.9 Å². The Balaban J connectivity index is 1.55. The summed E-state index contributed by atoms with van der Waals surface area (Å²) in [5.74, 6) is 1.40. The lowest BCUT2D eigenvalue weighted by atomic mass is 9.80. The zero-order valence-electron chi connectivity index (χ0n) is 10.9. The number of rotatable bonds is 2. The van der Waals surface area contributed by atoms with Crippen molar-refractivity contribution in [2.45, 2.75) is 55.7 Å². The topological polar surface area (TPSA) is 15.3 Å². The molecule has 17 heavy (non-hydrogen) atoms. The van der Waals surface area contributed by atoms with E-state index in [4.69, 9.17) is 0 Å². The molecule has 2 aliphatic heterocycles. The quantitative estimate of drug-likeness (QED) is 0.815. The monoisotopic (exact) mass is 254 g/mol. The second kappa shape index (κ2) is 5.50. The van der Waals surface area contributed by atoms with E-state index in [1.54, 1.807) is 0 Å². The van der Waals surface area contributed by atoms with Crippen molar-refractivity contribution in [3.05, 3.63) is 0 Å². The van der Waals surface area contributed by atoms with Crippen molar-refractivity contribution in [3.8, 4) is 0 Å². The van der Waals surface area contributed by atoms with Crippen LogP contribution in [0.15, 0.2) is 0 Å². The molecule has 1 N–H and O–H groups in total. The summed E-state index contributed by atoms with van der Waals surface area (Å²) in [7, 11) is 0. The van der Waals surface area contributed by atoms with Gasteiger partial charge in [0.25, 0.3) is 0 Å². The summed E-state index contributed by atoms with van der Waals surface area (Å²) in [5, 5.41) is 4.78. The number of nitrogens with one attached hydrogen (secondary N) is 1. The fraction of sp³-hybridized carbons (Fsp3) is 1.00. The van der Waals surface area contributed by atoms with Gasteiger partial charge in [-0.25, -0.2) is 0 Å². The summed E-state index contributed by atoms with van der Waals surface area (Å²) < 4.78 is 0. The molecule has 3 fully saturated rings. The first-order valence-corrected chi connectivity index (χ1v) is 8.50. The van der Waals surface area contributed by atoms with Gasteiger partial charge in [0.2, 0.25) is 0 Å². The molecule has 0 amide bonds. The van der Waals surface area contributed by atoms with E-state index in [0.717, 1.165) is 5.25 Å². The second-order valence-electron chi connectivity index (χ2n) is 6.14. The van der Waals surface area contributed by atoms with Crippen molar-refractivity contribution >= 4 is 11.8 Å². The minimum Gasteiger partial charge on any atom is -0.309 e. The largest absolute Gasteiger partial charge is 0.309 e. The van der Waals surface area contributed by atoms with Crippen LogP contribution in [-0.2, 0) is 0 Å². The number of nitrogens with zero attached hydrogens (tertiary/aromatic N) is 1. The van der Waals surface area contributed by atoms with Crippen LogP contribution >= 0.6 is 11.8 Å². The maximum atomic E-state index is 3.84. The van der Waals surface area contributed by atoms with Gasteiger partial charge in [0, 0.05) is 37.0 Å². The smallest absolute Gasteiger partial charge is 0.0309 e. The van der Waals surface area contributed by atoms with Crippen LogP contribution in [0.3, 0.4) is 0 Å². The molecule has 1 saturated carbocycles. The first-order chi connectivity index (χ1) is 8.36. The Hall–Kier alpha value is 0.270. The highest BCUT2D eigenvalue weighted by Crippen LogP contribution is 2.32. The van der Waals surface area contributed by atoms with E-state index in [2.05, 4.69) is 22.0 Å². The van der Waals surface area contributed by atoms with Gasteiger partial charge in [0.05, 0.1) is 0 Å². The molecule has 2 saturated heterocycles. The van der Waals surface area contributed by atoms with Gasteiger partial charge in [-0.2, -0.15) is 11.8 Å². The number of hydrogen-bond donors (Lipinski definition) is 1. The normalized spacial score (nSPS) is 34.2. The molecule has 1 aliphatic carbocycles. The van der Waals surface area contributed by atoms with E-state index in [1.165, 1.54) is 76.9 Å². The van der Waals surface area contributed by atoms with Crippen LogP contribution in [0.25, 0.3) is 0 Å². The van der Waals surface area contributed by atoms with Crippen molar-refractivity contribution in [2.75, 3.05) is 31.9 Å². The van der Waals surface area contributed by atoms with Crippen LogP contribution in [-0.4, -0.2) is 47.6 Å². The molecule has 0 radical (unpaired) electrons. The number of piperazine rings is 1. The highest BCUT2D eigenvalue weighted by Gasteiger charge is 2.36. The third-order valence-corrected chi connectivity index (χ3v) is 6.13. The molecule has 0 aromatic carbocycles. The van der Waals surface area contributed by atoms with Gasteiger partial charge in [0.1, 0.15) is 0 Å². The van der Waals surface area contributed by atoms with Crippen molar-refractivity contribution in [1.82, 2.24) is 10.2 Å². The van der Waals surface area contributed by atoms with Gasteiger partial charge in [-0.05, 0) is 31.4 Å². The molecular weight excluding hydrogens is 228 g/mol. The van der Waals surface area contributed by atoms with E-state index < -0.39 is 0 Å². The van der Waals surface area contributed by atoms with E-state index in [-0.39, 0.29) is 0 Å². The fourth-order valence-corrected chi connectivity index (χ4v) is 5.15. The Kier molecular flexibility index (Phi) is 3.98. The standard InChI is InChI=1S/C14H26N2S/c1-2-6-14(7-3-1)12-16(9-8-15-14)11-13-5-4-10-17-13/h13,15H,1-12H2. The molecule has 1 spiro atoms. The maximum absolute atomic E-state index is 3.84. The van der Waals surface area contributed by atoms with E-state index in [1.807, 2.05) is 0 Å². The predicted molar refractivity (Wildman–Crippen MR) is 75.7 cm³/mol. The Morgan fingerprint density at radius 3 is 2.82 bits per heavy atom. The molecule has 1 atom stereocenters. The molecule has 0 aromatic heterocycles. The van der Waals surface area contributed by atoms with Crippen LogP contribution < -0.4 is 5.32 Å². The second-order valence-corrected chi connectivity index (χ2v) is 7.55. The molecule has 3 aliphatic rings. The molecule has 2 nitrogen and oxygen atoms in total. The van der Waals surface area contributed by atoms with Crippen LogP contribution in [0.4, 0.5) is 0 Å². The van der Waals surface area contributed by atoms with Gasteiger partial charge in [-0.3, -0.25) is 4.90 Å². The van der Waals surface area contributed by atoms with Crippen molar-refractivity contribution in [1.29, 1.82) is 0 Å². The SMILES string of the molecule is C1CCC2(CC1)CN(CC1CCCS1)CCN2. The Morgan fingerprint density at radius 1 is 1.18 bits per heavy atom. The molecule has 0 bridgehead atoms. The fourth-order valence-electron chi connectivity index (χ4n) is 3.84. The van der Waals surface area contributed by atoms with Gasteiger partial charge >= 0.3 is 0 Å². The van der Waals surface area contributed by atoms with Gasteiger partial charge < -0.3 is 5.32 Å². The molecule has 0 aromatic rings. The lowest BCUT2D eigenvalue weighted by Gasteiger charge is -2.46. The Morgan fingerprint density at radius 2 is 2.06 bits per heavy atom. The first-order valence-electron chi connectivity index (χ1n) is 7.45. The van der Waals surface area contributed by atoms with Crippen LogP contribution in [0.5, 0.6) is 0 Å². The molecule has 3 heteroatoms. The minimum absolute atomic E-state index is 0.500. The van der Waals surface area contributed by atoms with Crippen molar-refractivity contribution < 1.29 is 0 Å². The maximum Gasteiger partial charge on any atom is 0.0309 e. The van der Waals surface area contributed by atoms with Gasteiger partial charge in [-0.1, -0.05) is 19.3 Å². The van der Waals surface area contributed by atoms with Crippen LogP contribution in [0, 0.1) is 0 Å². The van der Waals surface area contributed by atoms with E-state index >= 15 is 0 Å².